The Hall–Kier alpha value is 0.150. The largest absolute Gasteiger partial charge is 0.317 e. The molecule has 0 atom stereocenters. The fourth-order valence-electron chi connectivity index (χ4n) is 2.20. The molecule has 114 valence electrons. The molecule has 0 spiro atoms. The zero-order valence-corrected chi connectivity index (χ0v) is 14.9. The molecule has 0 saturated carbocycles. The smallest absolute Gasteiger partial charge is 0.244 e. The number of halogens is 3. The summed E-state index contributed by atoms with van der Waals surface area (Å²) in [5.41, 5.74) is 0. The standard InChI is InChI=1S/C12H16BrClN2O2S.ClH/c1-16(9-5-7-15-8-6-9)19(17,18)11-4-2-3-10(13)12(11)14;/h2-4,9,15H,5-8H2,1H3;1H. The van der Waals surface area contributed by atoms with Gasteiger partial charge in [0.15, 0.2) is 0 Å². The first-order valence-corrected chi connectivity index (χ1v) is 8.68. The lowest BCUT2D eigenvalue weighted by Gasteiger charge is -2.31. The van der Waals surface area contributed by atoms with Gasteiger partial charge in [0.1, 0.15) is 4.90 Å². The van der Waals surface area contributed by atoms with E-state index in [0.717, 1.165) is 25.9 Å². The number of nitrogens with one attached hydrogen (secondary N) is 1. The van der Waals surface area contributed by atoms with E-state index < -0.39 is 10.0 Å². The van der Waals surface area contributed by atoms with Gasteiger partial charge in [0.25, 0.3) is 0 Å². The molecule has 1 heterocycles. The van der Waals surface area contributed by atoms with Crippen LogP contribution in [0.4, 0.5) is 0 Å². The summed E-state index contributed by atoms with van der Waals surface area (Å²) in [5, 5.41) is 3.47. The van der Waals surface area contributed by atoms with Gasteiger partial charge < -0.3 is 5.32 Å². The van der Waals surface area contributed by atoms with Crippen molar-refractivity contribution in [3.05, 3.63) is 27.7 Å². The second-order valence-electron chi connectivity index (χ2n) is 4.55. The number of sulfonamides is 1. The van der Waals surface area contributed by atoms with Crippen molar-refractivity contribution >= 4 is 50.0 Å². The minimum Gasteiger partial charge on any atom is -0.317 e. The molecule has 0 bridgehead atoms. The maximum atomic E-state index is 12.6. The molecule has 1 N–H and O–H groups in total. The lowest BCUT2D eigenvalue weighted by Crippen LogP contribution is -2.43. The molecule has 20 heavy (non-hydrogen) atoms. The zero-order chi connectivity index (χ0) is 14.0. The van der Waals surface area contributed by atoms with E-state index in [1.165, 1.54) is 4.31 Å². The minimum absolute atomic E-state index is 0. The Kier molecular flexibility index (Phi) is 6.76. The highest BCUT2D eigenvalue weighted by Gasteiger charge is 2.30. The van der Waals surface area contributed by atoms with Crippen LogP contribution >= 0.6 is 39.9 Å². The second-order valence-corrected chi connectivity index (χ2v) is 7.75. The molecule has 1 fully saturated rings. The van der Waals surface area contributed by atoms with Crippen LogP contribution in [0, 0.1) is 0 Å². The van der Waals surface area contributed by atoms with Gasteiger partial charge >= 0.3 is 0 Å². The van der Waals surface area contributed by atoms with Crippen molar-refractivity contribution in [2.45, 2.75) is 23.8 Å². The van der Waals surface area contributed by atoms with Crippen LogP contribution in [-0.2, 0) is 10.0 Å². The van der Waals surface area contributed by atoms with Crippen molar-refractivity contribution in [3.8, 4) is 0 Å². The Balaban J connectivity index is 0.00000200. The fraction of sp³-hybridized carbons (Fsp3) is 0.500. The summed E-state index contributed by atoms with van der Waals surface area (Å²) < 4.78 is 27.2. The molecular weight excluding hydrogens is 387 g/mol. The van der Waals surface area contributed by atoms with Crippen molar-refractivity contribution in [1.82, 2.24) is 9.62 Å². The average Bonchev–Trinajstić information content (AvgIpc) is 2.41. The van der Waals surface area contributed by atoms with E-state index >= 15 is 0 Å². The maximum Gasteiger partial charge on any atom is 0.244 e. The summed E-state index contributed by atoms with van der Waals surface area (Å²) in [4.78, 5) is 0.157. The number of nitrogens with zero attached hydrogens (tertiary/aromatic N) is 1. The van der Waals surface area contributed by atoms with Crippen molar-refractivity contribution in [1.29, 1.82) is 0 Å². The Morgan fingerprint density at radius 2 is 1.95 bits per heavy atom. The van der Waals surface area contributed by atoms with Crippen LogP contribution in [-0.4, -0.2) is 38.9 Å². The second kappa shape index (κ2) is 7.42. The zero-order valence-electron chi connectivity index (χ0n) is 11.0. The highest BCUT2D eigenvalue weighted by atomic mass is 79.9. The Morgan fingerprint density at radius 3 is 2.55 bits per heavy atom. The quantitative estimate of drug-likeness (QED) is 0.843. The van der Waals surface area contributed by atoms with Gasteiger partial charge in [-0.2, -0.15) is 4.31 Å². The molecule has 1 saturated heterocycles. The number of hydrogen-bond donors (Lipinski definition) is 1. The summed E-state index contributed by atoms with van der Waals surface area (Å²) in [6.45, 7) is 1.69. The lowest BCUT2D eigenvalue weighted by atomic mass is 10.1. The molecule has 0 aromatic heterocycles. The van der Waals surface area contributed by atoms with E-state index in [9.17, 15) is 8.42 Å². The number of rotatable bonds is 3. The van der Waals surface area contributed by atoms with Gasteiger partial charge in [-0.1, -0.05) is 17.7 Å². The molecule has 0 unspecified atom stereocenters. The van der Waals surface area contributed by atoms with Gasteiger partial charge in [-0.15, -0.1) is 12.4 Å². The molecular formula is C12H17BrCl2N2O2S. The summed E-state index contributed by atoms with van der Waals surface area (Å²) >= 11 is 9.35. The third-order valence-electron chi connectivity index (χ3n) is 3.40. The first kappa shape index (κ1) is 18.2. The summed E-state index contributed by atoms with van der Waals surface area (Å²) in [7, 11) is -1.92. The van der Waals surface area contributed by atoms with Crippen LogP contribution in [0.2, 0.25) is 5.02 Å². The maximum absolute atomic E-state index is 12.6. The molecule has 1 aromatic carbocycles. The van der Waals surface area contributed by atoms with E-state index in [-0.39, 0.29) is 28.4 Å². The first-order chi connectivity index (χ1) is 8.94. The number of hydrogen-bond acceptors (Lipinski definition) is 3. The lowest BCUT2D eigenvalue weighted by molar-refractivity contribution is 0.296. The van der Waals surface area contributed by atoms with Crippen LogP contribution in [0.15, 0.2) is 27.6 Å². The van der Waals surface area contributed by atoms with Gasteiger partial charge in [-0.05, 0) is 54.0 Å². The molecule has 1 aromatic rings. The highest BCUT2D eigenvalue weighted by molar-refractivity contribution is 9.10. The normalized spacial score (nSPS) is 17.0. The van der Waals surface area contributed by atoms with Crippen LogP contribution in [0.25, 0.3) is 0 Å². The Morgan fingerprint density at radius 1 is 1.35 bits per heavy atom. The van der Waals surface area contributed by atoms with E-state index in [1.54, 1.807) is 25.2 Å². The third-order valence-corrected chi connectivity index (χ3v) is 6.76. The van der Waals surface area contributed by atoms with Crippen molar-refractivity contribution in [3.63, 3.8) is 0 Å². The number of piperidine rings is 1. The van der Waals surface area contributed by atoms with E-state index in [2.05, 4.69) is 21.2 Å². The molecule has 2 rings (SSSR count). The fourth-order valence-corrected chi connectivity index (χ4v) is 4.62. The van der Waals surface area contributed by atoms with E-state index in [4.69, 9.17) is 11.6 Å². The molecule has 4 nitrogen and oxygen atoms in total. The monoisotopic (exact) mass is 402 g/mol. The first-order valence-electron chi connectivity index (χ1n) is 6.07. The Labute approximate surface area is 139 Å². The van der Waals surface area contributed by atoms with Gasteiger partial charge in [0, 0.05) is 17.6 Å². The Bertz CT molecular complexity index is 563. The SMILES string of the molecule is CN(C1CCNCC1)S(=O)(=O)c1cccc(Br)c1Cl.Cl. The highest BCUT2D eigenvalue weighted by Crippen LogP contribution is 2.32. The van der Waals surface area contributed by atoms with Gasteiger partial charge in [-0.25, -0.2) is 8.42 Å². The van der Waals surface area contributed by atoms with Crippen molar-refractivity contribution in [2.24, 2.45) is 0 Å². The molecule has 1 aliphatic rings. The molecule has 0 amide bonds. The van der Waals surface area contributed by atoms with Crippen LogP contribution in [0.3, 0.4) is 0 Å². The van der Waals surface area contributed by atoms with Gasteiger partial charge in [-0.3, -0.25) is 0 Å². The molecule has 8 heteroatoms. The summed E-state index contributed by atoms with van der Waals surface area (Å²) in [5.74, 6) is 0. The minimum atomic E-state index is -3.55. The molecule has 0 aliphatic carbocycles. The number of benzene rings is 1. The summed E-state index contributed by atoms with van der Waals surface area (Å²) in [6.07, 6.45) is 1.64. The third kappa shape index (κ3) is 3.67. The molecule has 1 aliphatic heterocycles. The van der Waals surface area contributed by atoms with Crippen LogP contribution in [0.1, 0.15) is 12.8 Å². The van der Waals surface area contributed by atoms with Crippen molar-refractivity contribution in [2.75, 3.05) is 20.1 Å². The van der Waals surface area contributed by atoms with E-state index in [1.807, 2.05) is 0 Å². The molecule has 0 radical (unpaired) electrons. The average molecular weight is 404 g/mol. The van der Waals surface area contributed by atoms with Gasteiger partial charge in [0.2, 0.25) is 10.0 Å². The van der Waals surface area contributed by atoms with Crippen LogP contribution < -0.4 is 5.32 Å². The van der Waals surface area contributed by atoms with Crippen LogP contribution in [0.5, 0.6) is 0 Å². The topological polar surface area (TPSA) is 49.4 Å². The predicted molar refractivity (Wildman–Crippen MR) is 87.2 cm³/mol. The van der Waals surface area contributed by atoms with Crippen molar-refractivity contribution < 1.29 is 8.42 Å². The van der Waals surface area contributed by atoms with Gasteiger partial charge in [0.05, 0.1) is 5.02 Å². The predicted octanol–water partition coefficient (Wildman–Crippen LogP) is 2.90. The summed E-state index contributed by atoms with van der Waals surface area (Å²) in [6, 6.07) is 4.98. The van der Waals surface area contributed by atoms with E-state index in [0.29, 0.717) is 4.47 Å².